The Balaban J connectivity index is 1.43. The van der Waals surface area contributed by atoms with Crippen molar-refractivity contribution in [1.82, 2.24) is 10.2 Å². The number of hydrogen-bond acceptors (Lipinski definition) is 3. The number of methoxy groups -OCH3 is 1. The first-order valence-electron chi connectivity index (χ1n) is 9.66. The summed E-state index contributed by atoms with van der Waals surface area (Å²) in [5.74, 6) is 0.960. The van der Waals surface area contributed by atoms with Crippen LogP contribution in [-0.4, -0.2) is 43.1 Å². The molecule has 1 heterocycles. The maximum atomic E-state index is 12.5. The molecule has 1 aromatic rings. The Hall–Kier alpha value is -2.24. The molecule has 0 bridgehead atoms. The van der Waals surface area contributed by atoms with Gasteiger partial charge in [-0.3, -0.25) is 4.79 Å². The van der Waals surface area contributed by atoms with Crippen LogP contribution in [0.1, 0.15) is 44.9 Å². The highest BCUT2D eigenvalue weighted by Gasteiger charge is 2.28. The van der Waals surface area contributed by atoms with Gasteiger partial charge in [-0.15, -0.1) is 0 Å². The van der Waals surface area contributed by atoms with Gasteiger partial charge in [0.25, 0.3) is 0 Å². The van der Waals surface area contributed by atoms with Crippen molar-refractivity contribution in [3.63, 3.8) is 0 Å². The van der Waals surface area contributed by atoms with Crippen LogP contribution in [0.2, 0.25) is 0 Å². The number of nitrogens with zero attached hydrogens (tertiary/aromatic N) is 1. The fourth-order valence-electron chi connectivity index (χ4n) is 3.79. The summed E-state index contributed by atoms with van der Waals surface area (Å²) in [5.41, 5.74) is 0.743. The maximum absolute atomic E-state index is 12.5. The highest BCUT2D eigenvalue weighted by Crippen LogP contribution is 2.22. The van der Waals surface area contributed by atoms with Crippen LogP contribution in [0.15, 0.2) is 24.3 Å². The van der Waals surface area contributed by atoms with Gasteiger partial charge in [0.1, 0.15) is 5.75 Å². The number of amides is 3. The lowest BCUT2D eigenvalue weighted by atomic mass is 9.92. The van der Waals surface area contributed by atoms with Crippen molar-refractivity contribution >= 4 is 17.6 Å². The van der Waals surface area contributed by atoms with E-state index in [9.17, 15) is 9.59 Å². The van der Waals surface area contributed by atoms with Crippen LogP contribution in [0.25, 0.3) is 0 Å². The number of urea groups is 1. The third kappa shape index (κ3) is 4.90. The van der Waals surface area contributed by atoms with Crippen molar-refractivity contribution < 1.29 is 14.3 Å². The molecule has 2 fully saturated rings. The zero-order chi connectivity index (χ0) is 18.4. The number of rotatable bonds is 4. The molecular formula is C20H29N3O3. The molecule has 0 unspecified atom stereocenters. The van der Waals surface area contributed by atoms with Crippen LogP contribution in [0, 0.1) is 5.92 Å². The van der Waals surface area contributed by atoms with E-state index < -0.39 is 0 Å². The third-order valence-corrected chi connectivity index (χ3v) is 5.45. The molecule has 6 nitrogen and oxygen atoms in total. The minimum absolute atomic E-state index is 0.0296. The minimum atomic E-state index is -0.110. The number of benzene rings is 1. The van der Waals surface area contributed by atoms with Crippen molar-refractivity contribution in [2.75, 3.05) is 25.5 Å². The van der Waals surface area contributed by atoms with Crippen molar-refractivity contribution in [2.24, 2.45) is 5.92 Å². The number of nitrogens with one attached hydrogen (secondary N) is 2. The smallest absolute Gasteiger partial charge is 0.321 e. The lowest BCUT2D eigenvalue weighted by Gasteiger charge is -2.32. The van der Waals surface area contributed by atoms with E-state index in [0.29, 0.717) is 19.1 Å². The molecule has 1 aliphatic carbocycles. The normalized spacial score (nSPS) is 19.0. The van der Waals surface area contributed by atoms with E-state index in [1.807, 2.05) is 24.3 Å². The maximum Gasteiger partial charge on any atom is 0.321 e. The Kier molecular flexibility index (Phi) is 6.36. The summed E-state index contributed by atoms with van der Waals surface area (Å²) in [6.07, 6.45) is 7.39. The van der Waals surface area contributed by atoms with E-state index >= 15 is 0 Å². The lowest BCUT2D eigenvalue weighted by Crippen LogP contribution is -2.46. The topological polar surface area (TPSA) is 70.7 Å². The number of likely N-dealkylation sites (tertiary alicyclic amines) is 1. The highest BCUT2D eigenvalue weighted by atomic mass is 16.5. The summed E-state index contributed by atoms with van der Waals surface area (Å²) in [6.45, 7) is 1.23. The number of hydrogen-bond donors (Lipinski definition) is 2. The first-order chi connectivity index (χ1) is 12.7. The number of carbonyl (C=O) groups excluding carboxylic acids is 2. The van der Waals surface area contributed by atoms with E-state index in [1.54, 1.807) is 12.0 Å². The van der Waals surface area contributed by atoms with Crippen LogP contribution in [0.5, 0.6) is 5.75 Å². The lowest BCUT2D eigenvalue weighted by molar-refractivity contribution is -0.127. The van der Waals surface area contributed by atoms with Crippen LogP contribution in [0.4, 0.5) is 10.5 Å². The fraction of sp³-hybridized carbons (Fsp3) is 0.600. The molecule has 2 N–H and O–H groups in total. The first kappa shape index (κ1) is 18.5. The molecule has 1 saturated carbocycles. The summed E-state index contributed by atoms with van der Waals surface area (Å²) < 4.78 is 5.12. The van der Waals surface area contributed by atoms with Gasteiger partial charge < -0.3 is 20.3 Å². The zero-order valence-electron chi connectivity index (χ0n) is 15.5. The second-order valence-electron chi connectivity index (χ2n) is 7.26. The Morgan fingerprint density at radius 1 is 1.00 bits per heavy atom. The van der Waals surface area contributed by atoms with Gasteiger partial charge in [-0.05, 0) is 49.9 Å². The molecule has 26 heavy (non-hydrogen) atoms. The van der Waals surface area contributed by atoms with Crippen molar-refractivity contribution in [3.05, 3.63) is 24.3 Å². The summed E-state index contributed by atoms with van der Waals surface area (Å²) in [7, 11) is 1.61. The van der Waals surface area contributed by atoms with Gasteiger partial charge >= 0.3 is 6.03 Å². The monoisotopic (exact) mass is 359 g/mol. The summed E-state index contributed by atoms with van der Waals surface area (Å²) >= 11 is 0. The largest absolute Gasteiger partial charge is 0.497 e. The molecule has 2 aliphatic rings. The zero-order valence-corrected chi connectivity index (χ0v) is 15.5. The standard InChI is InChI=1S/C20H29N3O3/c1-26-18-9-7-17(8-10-18)22-20(25)23-13-11-15(12-14-23)19(24)21-16-5-3-2-4-6-16/h7-10,15-16H,2-6,11-14H2,1H3,(H,21,24)(H,22,25). The van der Waals surface area contributed by atoms with E-state index in [1.165, 1.54) is 19.3 Å². The average molecular weight is 359 g/mol. The number of piperidine rings is 1. The van der Waals surface area contributed by atoms with Crippen LogP contribution >= 0.6 is 0 Å². The number of anilines is 1. The van der Waals surface area contributed by atoms with Gasteiger partial charge in [-0.1, -0.05) is 19.3 Å². The van der Waals surface area contributed by atoms with E-state index in [-0.39, 0.29) is 17.9 Å². The van der Waals surface area contributed by atoms with Crippen molar-refractivity contribution in [1.29, 1.82) is 0 Å². The van der Waals surface area contributed by atoms with Gasteiger partial charge in [-0.2, -0.15) is 0 Å². The SMILES string of the molecule is COc1ccc(NC(=O)N2CCC(C(=O)NC3CCCCC3)CC2)cc1. The molecule has 0 atom stereocenters. The van der Waals surface area contributed by atoms with Crippen molar-refractivity contribution in [3.8, 4) is 5.75 Å². The van der Waals surface area contributed by atoms with Crippen LogP contribution < -0.4 is 15.4 Å². The minimum Gasteiger partial charge on any atom is -0.497 e. The number of ether oxygens (including phenoxy) is 1. The molecule has 1 aliphatic heterocycles. The average Bonchev–Trinajstić information content (AvgIpc) is 2.69. The van der Waals surface area contributed by atoms with Gasteiger partial charge in [0, 0.05) is 30.7 Å². The van der Waals surface area contributed by atoms with Crippen LogP contribution in [-0.2, 0) is 4.79 Å². The predicted octanol–water partition coefficient (Wildman–Crippen LogP) is 3.39. The highest BCUT2D eigenvalue weighted by molar-refractivity contribution is 5.89. The van der Waals surface area contributed by atoms with E-state index in [4.69, 9.17) is 4.74 Å². The van der Waals surface area contributed by atoms with E-state index in [2.05, 4.69) is 10.6 Å². The molecule has 3 rings (SSSR count). The second kappa shape index (κ2) is 8.92. The quantitative estimate of drug-likeness (QED) is 0.866. The summed E-state index contributed by atoms with van der Waals surface area (Å²) in [6, 6.07) is 7.52. The summed E-state index contributed by atoms with van der Waals surface area (Å²) in [4.78, 5) is 26.6. The molecule has 142 valence electrons. The molecule has 6 heteroatoms. The predicted molar refractivity (Wildman–Crippen MR) is 101 cm³/mol. The Labute approximate surface area is 155 Å². The Bertz CT molecular complexity index is 603. The van der Waals surface area contributed by atoms with E-state index in [0.717, 1.165) is 37.1 Å². The second-order valence-corrected chi connectivity index (χ2v) is 7.26. The molecular weight excluding hydrogens is 330 g/mol. The Morgan fingerprint density at radius 3 is 2.27 bits per heavy atom. The molecule has 0 radical (unpaired) electrons. The van der Waals surface area contributed by atoms with Gasteiger partial charge in [0.15, 0.2) is 0 Å². The third-order valence-electron chi connectivity index (χ3n) is 5.45. The van der Waals surface area contributed by atoms with Gasteiger partial charge in [0.05, 0.1) is 7.11 Å². The molecule has 1 aromatic carbocycles. The molecule has 1 saturated heterocycles. The van der Waals surface area contributed by atoms with Crippen LogP contribution in [0.3, 0.4) is 0 Å². The number of carbonyl (C=O) groups is 2. The van der Waals surface area contributed by atoms with Gasteiger partial charge in [0.2, 0.25) is 5.91 Å². The summed E-state index contributed by atoms with van der Waals surface area (Å²) in [5, 5.41) is 6.12. The molecule has 3 amide bonds. The Morgan fingerprint density at radius 2 is 1.65 bits per heavy atom. The first-order valence-corrected chi connectivity index (χ1v) is 9.66. The molecule has 0 aromatic heterocycles. The van der Waals surface area contributed by atoms with Crippen molar-refractivity contribution in [2.45, 2.75) is 51.0 Å². The fourth-order valence-corrected chi connectivity index (χ4v) is 3.79. The molecule has 0 spiro atoms. The van der Waals surface area contributed by atoms with Gasteiger partial charge in [-0.25, -0.2) is 4.79 Å².